The first-order chi connectivity index (χ1) is 13.2. The molecule has 1 aliphatic heterocycles. The number of carbonyl (C=O) groups excluding carboxylic acids is 1. The van der Waals surface area contributed by atoms with Gasteiger partial charge in [-0.25, -0.2) is 4.39 Å². The van der Waals surface area contributed by atoms with Gasteiger partial charge in [-0.1, -0.05) is 61.3 Å². The van der Waals surface area contributed by atoms with Crippen LogP contribution in [0.5, 0.6) is 0 Å². The van der Waals surface area contributed by atoms with E-state index in [1.54, 1.807) is 12.1 Å². The Morgan fingerprint density at radius 2 is 1.67 bits per heavy atom. The van der Waals surface area contributed by atoms with Crippen LogP contribution in [0.3, 0.4) is 0 Å². The van der Waals surface area contributed by atoms with Crippen molar-refractivity contribution in [3.8, 4) is 0 Å². The molecule has 0 saturated carbocycles. The Kier molecular flexibility index (Phi) is 10.2. The number of carbonyl (C=O) groups is 1. The Labute approximate surface area is 166 Å². The molecule has 1 heterocycles. The number of hydrogen-bond donors (Lipinski definition) is 1. The lowest BCUT2D eigenvalue weighted by atomic mass is 10.0. The summed E-state index contributed by atoms with van der Waals surface area (Å²) in [5.41, 5.74) is 1.21. The second-order valence-electron chi connectivity index (χ2n) is 7.06. The van der Waals surface area contributed by atoms with Crippen molar-refractivity contribution in [2.45, 2.75) is 77.2 Å². The molecule has 1 fully saturated rings. The summed E-state index contributed by atoms with van der Waals surface area (Å²) in [6, 6.07) is 4.56. The van der Waals surface area contributed by atoms with Crippen LogP contribution in [0.15, 0.2) is 23.4 Å². The van der Waals surface area contributed by atoms with Gasteiger partial charge in [0.2, 0.25) is 5.91 Å². The van der Waals surface area contributed by atoms with E-state index in [-0.39, 0.29) is 12.5 Å². The summed E-state index contributed by atoms with van der Waals surface area (Å²) in [6.45, 7) is 0.558. The molecular formula is C21H30ClFN2O2. The molecule has 1 N–H and O–H groups in total. The summed E-state index contributed by atoms with van der Waals surface area (Å²) in [7, 11) is 0. The highest BCUT2D eigenvalue weighted by molar-refractivity contribution is 6.31. The first-order valence-electron chi connectivity index (χ1n) is 10.0. The van der Waals surface area contributed by atoms with Crippen LogP contribution in [-0.4, -0.2) is 18.2 Å². The van der Waals surface area contributed by atoms with Crippen molar-refractivity contribution >= 4 is 23.2 Å². The Morgan fingerprint density at radius 3 is 2.37 bits per heavy atom. The van der Waals surface area contributed by atoms with Crippen molar-refractivity contribution in [1.29, 1.82) is 0 Å². The predicted molar refractivity (Wildman–Crippen MR) is 107 cm³/mol. The van der Waals surface area contributed by atoms with Gasteiger partial charge < -0.3 is 10.2 Å². The molecule has 150 valence electrons. The maximum atomic E-state index is 13.8. The summed E-state index contributed by atoms with van der Waals surface area (Å²) in [4.78, 5) is 17.3. The molecular weight excluding hydrogens is 367 g/mol. The summed E-state index contributed by atoms with van der Waals surface area (Å²) < 4.78 is 13.8. The number of hydrogen-bond acceptors (Lipinski definition) is 3. The Morgan fingerprint density at radius 1 is 1.00 bits per heavy atom. The van der Waals surface area contributed by atoms with Crippen LogP contribution in [0.4, 0.5) is 4.39 Å². The molecule has 0 aliphatic carbocycles. The molecule has 0 atom stereocenters. The summed E-state index contributed by atoms with van der Waals surface area (Å²) in [5.74, 6) is -0.291. The maximum Gasteiger partial charge on any atom is 0.220 e. The largest absolute Gasteiger partial charge is 0.391 e. The van der Waals surface area contributed by atoms with E-state index in [2.05, 4.69) is 10.5 Å². The molecule has 2 rings (SSSR count). The second kappa shape index (κ2) is 12.7. The van der Waals surface area contributed by atoms with Crippen LogP contribution in [0.2, 0.25) is 5.02 Å². The van der Waals surface area contributed by atoms with E-state index in [1.165, 1.54) is 38.2 Å². The molecule has 1 aromatic carbocycles. The summed E-state index contributed by atoms with van der Waals surface area (Å²) >= 11 is 6.01. The lowest BCUT2D eigenvalue weighted by molar-refractivity contribution is -0.121. The van der Waals surface area contributed by atoms with Crippen molar-refractivity contribution in [3.63, 3.8) is 0 Å². The Balaban J connectivity index is 1.89. The first-order valence-corrected chi connectivity index (χ1v) is 10.4. The van der Waals surface area contributed by atoms with Crippen LogP contribution < -0.4 is 5.32 Å². The van der Waals surface area contributed by atoms with Gasteiger partial charge in [0.1, 0.15) is 12.4 Å². The van der Waals surface area contributed by atoms with E-state index in [4.69, 9.17) is 16.4 Å². The minimum atomic E-state index is -0.392. The minimum Gasteiger partial charge on any atom is -0.391 e. The number of nitrogens with zero attached hydrogens (tertiary/aromatic N) is 1. The van der Waals surface area contributed by atoms with Gasteiger partial charge in [-0.3, -0.25) is 4.79 Å². The van der Waals surface area contributed by atoms with Gasteiger partial charge in [0, 0.05) is 24.9 Å². The fourth-order valence-electron chi connectivity index (χ4n) is 3.18. The second-order valence-corrected chi connectivity index (χ2v) is 7.47. The SMILES string of the molecule is O=C1CCCCCCCCCC/C(=N/OCc2c(F)cccc2Cl)CCN1. The van der Waals surface area contributed by atoms with Crippen molar-refractivity contribution < 1.29 is 14.0 Å². The number of oxime groups is 1. The van der Waals surface area contributed by atoms with Crippen LogP contribution in [0.1, 0.15) is 76.2 Å². The number of nitrogens with one attached hydrogen (secondary N) is 1. The van der Waals surface area contributed by atoms with E-state index in [0.29, 0.717) is 30.0 Å². The fourth-order valence-corrected chi connectivity index (χ4v) is 3.40. The average molecular weight is 397 g/mol. The molecule has 4 nitrogen and oxygen atoms in total. The van der Waals surface area contributed by atoms with Crippen LogP contribution in [-0.2, 0) is 16.2 Å². The van der Waals surface area contributed by atoms with Gasteiger partial charge in [0.05, 0.1) is 10.7 Å². The van der Waals surface area contributed by atoms with Gasteiger partial charge in [-0.15, -0.1) is 0 Å². The highest BCUT2D eigenvalue weighted by Gasteiger charge is 2.09. The van der Waals surface area contributed by atoms with Crippen molar-refractivity contribution in [3.05, 3.63) is 34.6 Å². The standard InChI is InChI=1S/C21H30ClFN2O2/c22-19-11-9-12-20(23)18(19)16-27-25-17-10-7-5-3-1-2-4-6-8-13-21(26)24-15-14-17/h9,11-12H,1-8,10,13-16H2,(H,24,26)/b25-17-. The van der Waals surface area contributed by atoms with Crippen molar-refractivity contribution in [2.75, 3.05) is 6.54 Å². The molecule has 0 bridgehead atoms. The molecule has 1 aliphatic rings. The van der Waals surface area contributed by atoms with E-state index in [1.807, 2.05) is 0 Å². The van der Waals surface area contributed by atoms with E-state index in [0.717, 1.165) is 31.4 Å². The van der Waals surface area contributed by atoms with Crippen molar-refractivity contribution in [1.82, 2.24) is 5.32 Å². The molecule has 6 heteroatoms. The lowest BCUT2D eigenvalue weighted by Gasteiger charge is -2.09. The number of amides is 1. The highest BCUT2D eigenvalue weighted by Crippen LogP contribution is 2.20. The van der Waals surface area contributed by atoms with E-state index in [9.17, 15) is 9.18 Å². The fraction of sp³-hybridized carbons (Fsp3) is 0.619. The first kappa shape index (κ1) is 21.7. The summed E-state index contributed by atoms with van der Waals surface area (Å²) in [5, 5.41) is 7.50. The molecule has 1 amide bonds. The smallest absolute Gasteiger partial charge is 0.220 e. The molecule has 0 radical (unpaired) electrons. The highest BCUT2D eigenvalue weighted by atomic mass is 35.5. The minimum absolute atomic E-state index is 0.00135. The van der Waals surface area contributed by atoms with Gasteiger partial charge in [-0.05, 0) is 31.4 Å². The topological polar surface area (TPSA) is 50.7 Å². The maximum absolute atomic E-state index is 13.8. The van der Waals surface area contributed by atoms with Crippen molar-refractivity contribution in [2.24, 2.45) is 5.16 Å². The number of benzene rings is 1. The third-order valence-corrected chi connectivity index (χ3v) is 5.17. The van der Waals surface area contributed by atoms with Gasteiger partial charge in [0.15, 0.2) is 0 Å². The quantitative estimate of drug-likeness (QED) is 0.659. The van der Waals surface area contributed by atoms with Crippen LogP contribution >= 0.6 is 11.6 Å². The summed E-state index contributed by atoms with van der Waals surface area (Å²) in [6.07, 6.45) is 11.3. The monoisotopic (exact) mass is 396 g/mol. The van der Waals surface area contributed by atoms with E-state index < -0.39 is 5.82 Å². The molecule has 1 aromatic rings. The third-order valence-electron chi connectivity index (χ3n) is 4.82. The number of rotatable bonds is 3. The molecule has 0 aromatic heterocycles. The number of halogens is 2. The third kappa shape index (κ3) is 8.74. The average Bonchev–Trinajstić information content (AvgIpc) is 2.65. The molecule has 27 heavy (non-hydrogen) atoms. The van der Waals surface area contributed by atoms with Gasteiger partial charge in [0.25, 0.3) is 0 Å². The predicted octanol–water partition coefficient (Wildman–Crippen LogP) is 5.77. The van der Waals surface area contributed by atoms with Crippen LogP contribution in [0.25, 0.3) is 0 Å². The van der Waals surface area contributed by atoms with E-state index >= 15 is 0 Å². The lowest BCUT2D eigenvalue weighted by Crippen LogP contribution is -2.25. The molecule has 1 saturated heterocycles. The van der Waals surface area contributed by atoms with Crippen LogP contribution in [0, 0.1) is 5.82 Å². The zero-order valence-corrected chi connectivity index (χ0v) is 16.7. The van der Waals surface area contributed by atoms with Gasteiger partial charge in [-0.2, -0.15) is 0 Å². The Bertz CT molecular complexity index is 602. The Hall–Kier alpha value is -1.62. The zero-order valence-electron chi connectivity index (χ0n) is 15.9. The van der Waals surface area contributed by atoms with Gasteiger partial charge >= 0.3 is 0 Å². The molecule has 0 unspecified atom stereocenters. The zero-order chi connectivity index (χ0) is 19.3. The molecule has 0 spiro atoms. The normalized spacial score (nSPS) is 19.8.